The van der Waals surface area contributed by atoms with E-state index in [1.807, 2.05) is 0 Å². The van der Waals surface area contributed by atoms with Crippen LogP contribution in [-0.4, -0.2) is 129 Å². The number of carboxylic acids is 1. The number of anilines is 2. The molecule has 19 heteroatoms. The van der Waals surface area contributed by atoms with Crippen molar-refractivity contribution in [3.8, 4) is 0 Å². The van der Waals surface area contributed by atoms with Gasteiger partial charge in [-0.25, -0.2) is 13.4 Å². The summed E-state index contributed by atoms with van der Waals surface area (Å²) >= 11 is 0. The molecule has 1 unspecified atom stereocenters. The van der Waals surface area contributed by atoms with Crippen LogP contribution in [0.3, 0.4) is 0 Å². The molecule has 2 aromatic heterocycles. The predicted octanol–water partition coefficient (Wildman–Crippen LogP) is -2.19. The molecule has 3 heterocycles. The van der Waals surface area contributed by atoms with Crippen LogP contribution in [0.2, 0.25) is 0 Å². The van der Waals surface area contributed by atoms with Crippen molar-refractivity contribution in [3.05, 3.63) is 6.33 Å². The van der Waals surface area contributed by atoms with Crippen LogP contribution in [0, 0.1) is 0 Å². The van der Waals surface area contributed by atoms with E-state index in [-0.39, 0.29) is 60.6 Å². The molecule has 0 bridgehead atoms. The maximum atomic E-state index is 12.9. The summed E-state index contributed by atoms with van der Waals surface area (Å²) in [7, 11) is -1.57. The van der Waals surface area contributed by atoms with Gasteiger partial charge in [-0.3, -0.25) is 19.0 Å². The number of hydrogen-bond donors (Lipinski definition) is 7. The fourth-order valence-corrected chi connectivity index (χ4v) is 5.28. The molecule has 1 aliphatic rings. The topological polar surface area (TPSA) is 278 Å². The average Bonchev–Trinajstić information content (AvgIpc) is 3.51. The first-order chi connectivity index (χ1) is 20.7. The fraction of sp³-hybridized carbons (Fsp3) is 0.680. The van der Waals surface area contributed by atoms with Gasteiger partial charge >= 0.3 is 5.97 Å². The second kappa shape index (κ2) is 15.4. The number of carboxylic acid groups (broad SMARTS) is 1. The summed E-state index contributed by atoms with van der Waals surface area (Å²) in [6, 6.07) is -1.17. The lowest BCUT2D eigenvalue weighted by Crippen LogP contribution is -2.45. The van der Waals surface area contributed by atoms with Crippen LogP contribution in [0.15, 0.2) is 6.33 Å². The molecular weight excluding hydrogens is 602 g/mol. The number of aliphatic hydroxyl groups is 2. The van der Waals surface area contributed by atoms with E-state index in [2.05, 4.69) is 25.6 Å². The fourth-order valence-electron chi connectivity index (χ4n) is 4.55. The van der Waals surface area contributed by atoms with Crippen LogP contribution in [0.4, 0.5) is 11.8 Å². The lowest BCUT2D eigenvalue weighted by molar-refractivity contribution is -0.148. The number of fused-ring (bicyclic) bond motifs is 1. The van der Waals surface area contributed by atoms with Crippen LogP contribution >= 0.6 is 0 Å². The Bertz CT molecular complexity index is 1420. The van der Waals surface area contributed by atoms with Gasteiger partial charge in [-0.1, -0.05) is 12.8 Å². The van der Waals surface area contributed by atoms with Crippen LogP contribution in [0.5, 0.6) is 0 Å². The van der Waals surface area contributed by atoms with Gasteiger partial charge in [0, 0.05) is 45.1 Å². The molecule has 246 valence electrons. The van der Waals surface area contributed by atoms with Crippen molar-refractivity contribution in [1.29, 1.82) is 0 Å². The van der Waals surface area contributed by atoms with E-state index in [0.29, 0.717) is 19.3 Å². The average molecular weight is 644 g/mol. The number of imidazole rings is 1. The minimum absolute atomic E-state index is 0.0137. The largest absolute Gasteiger partial charge is 0.480 e. The number of rotatable bonds is 17. The van der Waals surface area contributed by atoms with Gasteiger partial charge in [-0.15, -0.1) is 0 Å². The van der Waals surface area contributed by atoms with Crippen LogP contribution in [-0.2, 0) is 29.0 Å². The molecule has 0 aliphatic carbocycles. The number of ether oxygens (including phenoxy) is 1. The summed E-state index contributed by atoms with van der Waals surface area (Å²) < 4.78 is 29.4. The number of unbranched alkanes of at least 4 members (excludes halogenated alkanes) is 3. The molecule has 0 aromatic carbocycles. The van der Waals surface area contributed by atoms with Crippen molar-refractivity contribution in [2.45, 2.75) is 69.1 Å². The van der Waals surface area contributed by atoms with E-state index in [1.165, 1.54) is 29.1 Å². The van der Waals surface area contributed by atoms with Gasteiger partial charge in [0.1, 0.15) is 33.6 Å². The molecule has 2 amide bonds. The van der Waals surface area contributed by atoms with Crippen molar-refractivity contribution in [2.75, 3.05) is 49.7 Å². The van der Waals surface area contributed by atoms with Gasteiger partial charge in [0.15, 0.2) is 23.8 Å². The Morgan fingerprint density at radius 1 is 1.14 bits per heavy atom. The molecule has 3 rings (SSSR count). The summed E-state index contributed by atoms with van der Waals surface area (Å²) in [5, 5.41) is 36.0. The Kier molecular flexibility index (Phi) is 12.2. The van der Waals surface area contributed by atoms with Gasteiger partial charge in [-0.2, -0.15) is 9.97 Å². The number of carbonyl (C=O) groups is 3. The number of nitrogen functional groups attached to an aromatic ring is 1. The first kappa shape index (κ1) is 34.8. The number of nitrogens with two attached hydrogens (primary N) is 2. The molecule has 0 radical (unpaired) electrons. The van der Waals surface area contributed by atoms with E-state index in [0.717, 1.165) is 12.8 Å². The molecule has 44 heavy (non-hydrogen) atoms. The van der Waals surface area contributed by atoms with Gasteiger partial charge in [0.25, 0.3) is 5.91 Å². The highest BCUT2D eigenvalue weighted by molar-refractivity contribution is 7.90. The second-order valence-corrected chi connectivity index (χ2v) is 13.0. The molecule has 1 saturated heterocycles. The van der Waals surface area contributed by atoms with Gasteiger partial charge < -0.3 is 47.1 Å². The third-order valence-electron chi connectivity index (χ3n) is 7.07. The number of carbonyl (C=O) groups excluding carboxylic acids is 2. The van der Waals surface area contributed by atoms with Crippen LogP contribution in [0.1, 0.15) is 44.8 Å². The van der Waals surface area contributed by atoms with Crippen LogP contribution in [0.25, 0.3) is 11.2 Å². The molecule has 9 N–H and O–H groups in total. The highest BCUT2D eigenvalue weighted by Crippen LogP contribution is 2.33. The standard InChI is InChI=1S/C25H41N9O9S/c1-33(11-8-14(26)24(39)40)22(38)19-17(36)18(37)23(43-19)34-13-30-16-20(27)31-25(32-21(16)34)29-10-9-28-15(35)7-5-3-4-6-12-44(2,41)42/h13-14,17-19,23,36-37H,3-12,26H2,1-2H3,(H,28,35)(H,39,40)(H3,27,29,31,32)/t14-,17-,18+,19-,23?/m0/s1. The molecule has 2 aromatic rings. The second-order valence-electron chi connectivity index (χ2n) is 10.7. The number of aromatic nitrogens is 4. The van der Waals surface area contributed by atoms with Gasteiger partial charge in [0.05, 0.1) is 6.33 Å². The van der Waals surface area contributed by atoms with E-state index in [1.54, 1.807) is 0 Å². The van der Waals surface area contributed by atoms with Crippen LogP contribution < -0.4 is 22.1 Å². The lowest BCUT2D eigenvalue weighted by Gasteiger charge is -2.23. The third-order valence-corrected chi connectivity index (χ3v) is 8.10. The minimum Gasteiger partial charge on any atom is -0.480 e. The molecular formula is C25H41N9O9S. The normalized spacial score (nSPS) is 20.8. The number of hydrogen-bond acceptors (Lipinski definition) is 14. The zero-order valence-electron chi connectivity index (χ0n) is 24.6. The van der Waals surface area contributed by atoms with E-state index in [4.69, 9.17) is 21.3 Å². The maximum absolute atomic E-state index is 12.9. The summed E-state index contributed by atoms with van der Waals surface area (Å²) in [5.41, 5.74) is 11.9. The van der Waals surface area contributed by atoms with Gasteiger partial charge in [0.2, 0.25) is 11.9 Å². The van der Waals surface area contributed by atoms with E-state index >= 15 is 0 Å². The zero-order chi connectivity index (χ0) is 32.6. The van der Waals surface area contributed by atoms with Crippen molar-refractivity contribution in [1.82, 2.24) is 29.7 Å². The number of nitrogens with one attached hydrogen (secondary N) is 2. The predicted molar refractivity (Wildman–Crippen MR) is 158 cm³/mol. The Morgan fingerprint density at radius 2 is 1.84 bits per heavy atom. The monoisotopic (exact) mass is 643 g/mol. The number of likely N-dealkylation sites (N-methyl/N-ethyl adjacent to an activating group) is 1. The molecule has 18 nitrogen and oxygen atoms in total. The van der Waals surface area contributed by atoms with E-state index < -0.39 is 52.3 Å². The Morgan fingerprint density at radius 3 is 2.52 bits per heavy atom. The summed E-state index contributed by atoms with van der Waals surface area (Å²) in [6.45, 7) is 0.508. The zero-order valence-corrected chi connectivity index (χ0v) is 25.4. The van der Waals surface area contributed by atoms with Crippen molar-refractivity contribution < 1.29 is 42.9 Å². The lowest BCUT2D eigenvalue weighted by atomic mass is 10.1. The SMILES string of the molecule is CN(CC[C@H](N)C(=O)O)C(=O)[C@H]1OC(n2cnc3c(N)nc(NCCNC(=O)CCCCCCS(C)(=O)=O)nc32)[C@H](O)[C@@H]1O. The summed E-state index contributed by atoms with van der Waals surface area (Å²) in [6.07, 6.45) is -0.368. The highest BCUT2D eigenvalue weighted by atomic mass is 32.2. The minimum atomic E-state index is -2.97. The molecule has 1 aliphatic heterocycles. The Hall–Kier alpha value is -3.65. The molecule has 1 fully saturated rings. The quantitative estimate of drug-likeness (QED) is 0.0902. The molecule has 5 atom stereocenters. The van der Waals surface area contributed by atoms with E-state index in [9.17, 15) is 33.0 Å². The number of aliphatic hydroxyl groups excluding tert-OH is 2. The number of sulfone groups is 1. The third kappa shape index (κ3) is 9.42. The maximum Gasteiger partial charge on any atom is 0.320 e. The Balaban J connectivity index is 1.54. The number of aliphatic carboxylic acids is 1. The number of amides is 2. The molecule has 0 spiro atoms. The highest BCUT2D eigenvalue weighted by Gasteiger charge is 2.48. The van der Waals surface area contributed by atoms with Gasteiger partial charge in [-0.05, 0) is 19.3 Å². The smallest absolute Gasteiger partial charge is 0.320 e. The summed E-state index contributed by atoms with van der Waals surface area (Å²) in [5.74, 6) is -1.76. The molecule has 0 saturated carbocycles. The van der Waals surface area contributed by atoms with Crippen molar-refractivity contribution >= 4 is 50.6 Å². The van der Waals surface area contributed by atoms with Crippen molar-refractivity contribution in [2.24, 2.45) is 5.73 Å². The Labute approximate surface area is 254 Å². The first-order valence-corrected chi connectivity index (χ1v) is 16.2. The number of nitrogens with zero attached hydrogens (tertiary/aromatic N) is 5. The first-order valence-electron chi connectivity index (χ1n) is 14.1. The summed E-state index contributed by atoms with van der Waals surface area (Å²) in [4.78, 5) is 49.8. The van der Waals surface area contributed by atoms with Crippen molar-refractivity contribution in [3.63, 3.8) is 0 Å².